The van der Waals surface area contributed by atoms with Crippen molar-refractivity contribution in [1.29, 1.82) is 0 Å². The van der Waals surface area contributed by atoms with Gasteiger partial charge in [-0.15, -0.1) is 0 Å². The third kappa shape index (κ3) is 5.66. The topological polar surface area (TPSA) is 86.7 Å². The molecule has 6 heteroatoms. The Morgan fingerprint density at radius 1 is 1.27 bits per heavy atom. The first-order valence-corrected chi connectivity index (χ1v) is 4.57. The summed E-state index contributed by atoms with van der Waals surface area (Å²) in [4.78, 5) is 34.0. The second kappa shape index (κ2) is 6.00. The van der Waals surface area contributed by atoms with E-state index in [9.17, 15) is 14.4 Å². The molecule has 0 fully saturated rings. The molecule has 0 spiro atoms. The molecule has 0 saturated carbocycles. The Labute approximate surface area is 88.2 Å². The second-order valence-electron chi connectivity index (χ2n) is 3.42. The lowest BCUT2D eigenvalue weighted by Crippen LogP contribution is -2.44. The van der Waals surface area contributed by atoms with Crippen molar-refractivity contribution >= 4 is 17.8 Å². The second-order valence-corrected chi connectivity index (χ2v) is 3.42. The molecule has 1 atom stereocenters. The number of carbonyl (C=O) groups excluding carboxylic acids is 2. The minimum Gasteiger partial charge on any atom is -0.481 e. The number of hydrogen-bond donors (Lipinski definition) is 2. The van der Waals surface area contributed by atoms with Gasteiger partial charge in [-0.25, -0.2) is 0 Å². The lowest BCUT2D eigenvalue weighted by atomic mass is 10.2. The number of hydrogen-bond acceptors (Lipinski definition) is 3. The first kappa shape index (κ1) is 13.4. The highest BCUT2D eigenvalue weighted by molar-refractivity contribution is 5.88. The van der Waals surface area contributed by atoms with Crippen molar-refractivity contribution in [2.75, 3.05) is 14.1 Å². The monoisotopic (exact) mass is 216 g/mol. The minimum atomic E-state index is -1.03. The van der Waals surface area contributed by atoms with Gasteiger partial charge in [-0.05, 0) is 6.92 Å². The van der Waals surface area contributed by atoms with Gasteiger partial charge in [0.05, 0.1) is 6.42 Å². The molecule has 0 rings (SSSR count). The van der Waals surface area contributed by atoms with E-state index in [1.54, 1.807) is 21.0 Å². The number of carbonyl (C=O) groups is 3. The molecule has 0 bridgehead atoms. The number of amides is 2. The summed E-state index contributed by atoms with van der Waals surface area (Å²) in [5.74, 6) is -1.68. The zero-order chi connectivity index (χ0) is 12.0. The molecule has 0 radical (unpaired) electrons. The van der Waals surface area contributed by atoms with Crippen LogP contribution in [0.15, 0.2) is 0 Å². The largest absolute Gasteiger partial charge is 0.481 e. The molecule has 0 saturated heterocycles. The maximum atomic E-state index is 11.3. The molecule has 0 aromatic rings. The van der Waals surface area contributed by atoms with Gasteiger partial charge in [-0.2, -0.15) is 0 Å². The number of carboxylic acid groups (broad SMARTS) is 1. The lowest BCUT2D eigenvalue weighted by molar-refractivity contribution is -0.139. The standard InChI is InChI=1S/C9H16N2O4/c1-6(9(15)11(2)3)10-7(12)4-5-8(13)14/h6H,4-5H2,1-3H3,(H,10,12)(H,13,14). The zero-order valence-electron chi connectivity index (χ0n) is 9.11. The number of rotatable bonds is 5. The molecule has 15 heavy (non-hydrogen) atoms. The van der Waals surface area contributed by atoms with Gasteiger partial charge in [0.1, 0.15) is 6.04 Å². The Balaban J connectivity index is 3.96. The molecule has 2 N–H and O–H groups in total. The summed E-state index contributed by atoms with van der Waals surface area (Å²) >= 11 is 0. The van der Waals surface area contributed by atoms with Gasteiger partial charge < -0.3 is 15.3 Å². The average Bonchev–Trinajstić information content (AvgIpc) is 2.13. The maximum Gasteiger partial charge on any atom is 0.303 e. The van der Waals surface area contributed by atoms with Crippen molar-refractivity contribution in [3.05, 3.63) is 0 Å². The number of aliphatic carboxylic acids is 1. The van der Waals surface area contributed by atoms with Gasteiger partial charge >= 0.3 is 5.97 Å². The first-order valence-electron chi connectivity index (χ1n) is 4.57. The molecule has 0 aromatic heterocycles. The van der Waals surface area contributed by atoms with Crippen LogP contribution in [0.3, 0.4) is 0 Å². The van der Waals surface area contributed by atoms with Crippen LogP contribution in [0.4, 0.5) is 0 Å². The molecule has 1 unspecified atom stereocenters. The quantitative estimate of drug-likeness (QED) is 0.645. The Morgan fingerprint density at radius 3 is 2.20 bits per heavy atom. The van der Waals surface area contributed by atoms with E-state index in [1.165, 1.54) is 4.90 Å². The van der Waals surface area contributed by atoms with Crippen molar-refractivity contribution in [3.63, 3.8) is 0 Å². The number of carboxylic acids is 1. The van der Waals surface area contributed by atoms with E-state index in [2.05, 4.69) is 5.32 Å². The Bertz CT molecular complexity index is 263. The molecule has 0 aliphatic carbocycles. The number of nitrogens with zero attached hydrogens (tertiary/aromatic N) is 1. The fourth-order valence-corrected chi connectivity index (χ4v) is 0.983. The van der Waals surface area contributed by atoms with E-state index >= 15 is 0 Å². The molecule has 0 aliphatic rings. The predicted molar refractivity (Wildman–Crippen MR) is 53.2 cm³/mol. The molecular formula is C9H16N2O4. The lowest BCUT2D eigenvalue weighted by Gasteiger charge is -2.17. The van der Waals surface area contributed by atoms with Gasteiger partial charge in [0.25, 0.3) is 0 Å². The first-order chi connectivity index (χ1) is 6.84. The normalized spacial score (nSPS) is 11.7. The summed E-state index contributed by atoms with van der Waals surface area (Å²) in [6, 6.07) is -0.624. The highest BCUT2D eigenvalue weighted by Crippen LogP contribution is 1.93. The molecule has 6 nitrogen and oxygen atoms in total. The van der Waals surface area contributed by atoms with Crippen molar-refractivity contribution < 1.29 is 19.5 Å². The third-order valence-corrected chi connectivity index (χ3v) is 1.75. The predicted octanol–water partition coefficient (Wildman–Crippen LogP) is -0.556. The number of likely N-dealkylation sites (N-methyl/N-ethyl adjacent to an activating group) is 1. The Morgan fingerprint density at radius 2 is 1.80 bits per heavy atom. The van der Waals surface area contributed by atoms with Gasteiger partial charge in [-0.1, -0.05) is 0 Å². The van der Waals surface area contributed by atoms with E-state index in [1.807, 2.05) is 0 Å². The van der Waals surface area contributed by atoms with Crippen LogP contribution in [-0.4, -0.2) is 47.9 Å². The maximum absolute atomic E-state index is 11.3. The van der Waals surface area contributed by atoms with E-state index in [-0.39, 0.29) is 18.7 Å². The summed E-state index contributed by atoms with van der Waals surface area (Å²) in [5, 5.41) is 10.8. The minimum absolute atomic E-state index is 0.111. The van der Waals surface area contributed by atoms with Gasteiger partial charge in [0, 0.05) is 20.5 Å². The smallest absolute Gasteiger partial charge is 0.303 e. The van der Waals surface area contributed by atoms with E-state index in [0.717, 1.165) is 0 Å². The van der Waals surface area contributed by atoms with E-state index < -0.39 is 17.9 Å². The van der Waals surface area contributed by atoms with Crippen LogP contribution in [0, 0.1) is 0 Å². The van der Waals surface area contributed by atoms with E-state index in [0.29, 0.717) is 0 Å². The highest BCUT2D eigenvalue weighted by atomic mass is 16.4. The van der Waals surface area contributed by atoms with Crippen molar-refractivity contribution in [3.8, 4) is 0 Å². The van der Waals surface area contributed by atoms with Crippen LogP contribution in [0.25, 0.3) is 0 Å². The Kier molecular flexibility index (Phi) is 5.36. The average molecular weight is 216 g/mol. The Hall–Kier alpha value is -1.59. The fraction of sp³-hybridized carbons (Fsp3) is 0.667. The molecule has 2 amide bonds. The highest BCUT2D eigenvalue weighted by Gasteiger charge is 2.17. The van der Waals surface area contributed by atoms with Crippen molar-refractivity contribution in [1.82, 2.24) is 10.2 Å². The van der Waals surface area contributed by atoms with Crippen LogP contribution in [-0.2, 0) is 14.4 Å². The van der Waals surface area contributed by atoms with Crippen LogP contribution in [0.5, 0.6) is 0 Å². The van der Waals surface area contributed by atoms with Crippen LogP contribution in [0.1, 0.15) is 19.8 Å². The summed E-state index contributed by atoms with van der Waals surface area (Å²) < 4.78 is 0. The molecule has 86 valence electrons. The number of nitrogens with one attached hydrogen (secondary N) is 1. The van der Waals surface area contributed by atoms with Crippen molar-refractivity contribution in [2.45, 2.75) is 25.8 Å². The summed E-state index contributed by atoms with van der Waals surface area (Å²) in [6.45, 7) is 1.56. The zero-order valence-corrected chi connectivity index (χ0v) is 9.11. The van der Waals surface area contributed by atoms with Gasteiger partial charge in [-0.3, -0.25) is 14.4 Å². The summed E-state index contributed by atoms with van der Waals surface area (Å²) in [5.41, 5.74) is 0. The van der Waals surface area contributed by atoms with E-state index in [4.69, 9.17) is 5.11 Å². The van der Waals surface area contributed by atoms with Crippen LogP contribution in [0.2, 0.25) is 0 Å². The SMILES string of the molecule is CC(NC(=O)CCC(=O)O)C(=O)N(C)C. The van der Waals surface area contributed by atoms with Gasteiger partial charge in [0.2, 0.25) is 11.8 Å². The van der Waals surface area contributed by atoms with Gasteiger partial charge in [0.15, 0.2) is 0 Å². The molecule has 0 heterocycles. The third-order valence-electron chi connectivity index (χ3n) is 1.75. The summed E-state index contributed by atoms with van der Waals surface area (Å²) in [6.07, 6.45) is -0.338. The summed E-state index contributed by atoms with van der Waals surface area (Å²) in [7, 11) is 3.17. The van der Waals surface area contributed by atoms with Crippen LogP contribution >= 0.6 is 0 Å². The molecule has 0 aromatic carbocycles. The van der Waals surface area contributed by atoms with Crippen molar-refractivity contribution in [2.24, 2.45) is 0 Å². The molecular weight excluding hydrogens is 200 g/mol. The van der Waals surface area contributed by atoms with Crippen LogP contribution < -0.4 is 5.32 Å². The molecule has 0 aliphatic heterocycles. The fourth-order valence-electron chi connectivity index (χ4n) is 0.983.